The van der Waals surface area contributed by atoms with Gasteiger partial charge in [-0.25, -0.2) is 8.42 Å². The molecule has 0 amide bonds. The van der Waals surface area contributed by atoms with Crippen molar-refractivity contribution in [2.75, 3.05) is 13.1 Å². The van der Waals surface area contributed by atoms with Crippen LogP contribution in [0.4, 0.5) is 0 Å². The van der Waals surface area contributed by atoms with Crippen molar-refractivity contribution < 1.29 is 18.3 Å². The summed E-state index contributed by atoms with van der Waals surface area (Å²) < 4.78 is 27.5. The van der Waals surface area contributed by atoms with Gasteiger partial charge in [-0.15, -0.1) is 0 Å². The van der Waals surface area contributed by atoms with Gasteiger partial charge in [0.25, 0.3) is 10.0 Å². The summed E-state index contributed by atoms with van der Waals surface area (Å²) in [6.45, 7) is 0.211. The number of halogens is 1. The van der Waals surface area contributed by atoms with E-state index in [0.29, 0.717) is 10.9 Å². The first-order valence-electron chi connectivity index (χ1n) is 5.24. The van der Waals surface area contributed by atoms with Crippen LogP contribution in [0.25, 0.3) is 0 Å². The number of hydrogen-bond acceptors (Lipinski definition) is 4. The van der Waals surface area contributed by atoms with E-state index in [-0.39, 0.29) is 18.1 Å². The van der Waals surface area contributed by atoms with Gasteiger partial charge in [0.15, 0.2) is 0 Å². The van der Waals surface area contributed by atoms with Crippen LogP contribution < -0.4 is 0 Å². The topological polar surface area (TPSA) is 92.5 Å². The maximum atomic E-state index is 12.3. The van der Waals surface area contributed by atoms with E-state index in [9.17, 15) is 13.2 Å². The zero-order valence-corrected chi connectivity index (χ0v) is 12.0. The molecule has 0 aromatic carbocycles. The Morgan fingerprint density at radius 3 is 2.72 bits per heavy atom. The van der Waals surface area contributed by atoms with E-state index < -0.39 is 21.9 Å². The highest BCUT2D eigenvalue weighted by Crippen LogP contribution is 2.27. The van der Waals surface area contributed by atoms with Crippen molar-refractivity contribution in [2.24, 2.45) is 13.0 Å². The lowest BCUT2D eigenvalue weighted by Gasteiger charge is -2.14. The van der Waals surface area contributed by atoms with Crippen LogP contribution in [0, 0.1) is 5.92 Å². The minimum Gasteiger partial charge on any atom is -0.481 e. The van der Waals surface area contributed by atoms with Gasteiger partial charge >= 0.3 is 5.97 Å². The Kier molecular flexibility index (Phi) is 3.47. The Balaban J connectivity index is 2.28. The van der Waals surface area contributed by atoms with Gasteiger partial charge < -0.3 is 5.11 Å². The van der Waals surface area contributed by atoms with Crippen molar-refractivity contribution in [3.05, 3.63) is 10.7 Å². The van der Waals surface area contributed by atoms with E-state index in [1.165, 1.54) is 15.2 Å². The lowest BCUT2D eigenvalue weighted by atomic mass is 10.1. The molecule has 7 nitrogen and oxygen atoms in total. The maximum absolute atomic E-state index is 12.3. The molecule has 1 N–H and O–H groups in total. The molecule has 9 heteroatoms. The summed E-state index contributed by atoms with van der Waals surface area (Å²) in [5.74, 6) is -1.60. The molecule has 0 radical (unpaired) electrons. The molecular weight excluding hydrogens is 326 g/mol. The van der Waals surface area contributed by atoms with Gasteiger partial charge in [0.2, 0.25) is 5.03 Å². The number of aryl methyl sites for hydroxylation is 1. The number of rotatable bonds is 3. The van der Waals surface area contributed by atoms with Crippen LogP contribution in [0.5, 0.6) is 0 Å². The highest BCUT2D eigenvalue weighted by molar-refractivity contribution is 9.10. The summed E-state index contributed by atoms with van der Waals surface area (Å²) in [6, 6.07) is 0. The van der Waals surface area contributed by atoms with Crippen LogP contribution in [0.15, 0.2) is 15.7 Å². The van der Waals surface area contributed by atoms with Crippen LogP contribution >= 0.6 is 15.9 Å². The van der Waals surface area contributed by atoms with Crippen molar-refractivity contribution in [1.82, 2.24) is 14.1 Å². The zero-order valence-electron chi connectivity index (χ0n) is 9.58. The Bertz CT molecular complexity index is 583. The predicted octanol–water partition coefficient (Wildman–Crippen LogP) is 0.278. The van der Waals surface area contributed by atoms with Gasteiger partial charge in [-0.3, -0.25) is 9.48 Å². The van der Waals surface area contributed by atoms with Crippen molar-refractivity contribution in [3.8, 4) is 0 Å². The molecule has 1 aromatic rings. The lowest BCUT2D eigenvalue weighted by Crippen LogP contribution is -2.30. The Hall–Kier alpha value is -0.930. The SMILES string of the molecule is Cn1cc(Br)c(S(=O)(=O)N2CC[C@H](C(=O)O)C2)n1. The minimum absolute atomic E-state index is 0.000676. The molecule has 2 rings (SSSR count). The van der Waals surface area contributed by atoms with Gasteiger partial charge in [-0.05, 0) is 22.4 Å². The second-order valence-corrected chi connectivity index (χ2v) is 6.85. The summed E-state index contributed by atoms with van der Waals surface area (Å²) in [5, 5.41) is 12.7. The lowest BCUT2D eigenvalue weighted by molar-refractivity contribution is -0.141. The van der Waals surface area contributed by atoms with Crippen LogP contribution in [-0.2, 0) is 21.9 Å². The highest BCUT2D eigenvalue weighted by Gasteiger charge is 2.37. The standard InChI is InChI=1S/C9H12BrN3O4S/c1-12-5-7(10)8(11-12)18(16,17)13-3-2-6(4-13)9(14)15/h5-6H,2-4H2,1H3,(H,14,15)/t6-/m0/s1. The van der Waals surface area contributed by atoms with E-state index in [1.54, 1.807) is 7.05 Å². The van der Waals surface area contributed by atoms with E-state index in [1.807, 2.05) is 0 Å². The fraction of sp³-hybridized carbons (Fsp3) is 0.556. The summed E-state index contributed by atoms with van der Waals surface area (Å²) in [5.41, 5.74) is 0. The van der Waals surface area contributed by atoms with Gasteiger partial charge in [0.05, 0.1) is 10.4 Å². The number of carbonyl (C=O) groups is 1. The average molecular weight is 338 g/mol. The number of aromatic nitrogens is 2. The summed E-state index contributed by atoms with van der Waals surface area (Å²) in [4.78, 5) is 10.8. The number of sulfonamides is 1. The van der Waals surface area contributed by atoms with Gasteiger partial charge in [-0.2, -0.15) is 9.40 Å². The molecular formula is C9H12BrN3O4S. The number of carboxylic acids is 1. The number of aliphatic carboxylic acids is 1. The molecule has 0 unspecified atom stereocenters. The van der Waals surface area contributed by atoms with Crippen LogP contribution in [0.3, 0.4) is 0 Å². The van der Waals surface area contributed by atoms with Crippen molar-refractivity contribution >= 4 is 31.9 Å². The fourth-order valence-electron chi connectivity index (χ4n) is 1.88. The highest BCUT2D eigenvalue weighted by atomic mass is 79.9. The number of carboxylic acid groups (broad SMARTS) is 1. The average Bonchev–Trinajstić information content (AvgIpc) is 2.85. The minimum atomic E-state index is -3.72. The first kappa shape index (κ1) is 13.5. The number of hydrogen-bond donors (Lipinski definition) is 1. The first-order chi connectivity index (χ1) is 8.32. The fourth-order valence-corrected chi connectivity index (χ4v) is 4.37. The quantitative estimate of drug-likeness (QED) is 0.855. The largest absolute Gasteiger partial charge is 0.481 e. The first-order valence-corrected chi connectivity index (χ1v) is 7.48. The van der Waals surface area contributed by atoms with Gasteiger partial charge in [-0.1, -0.05) is 0 Å². The van der Waals surface area contributed by atoms with Crippen molar-refractivity contribution in [1.29, 1.82) is 0 Å². The third kappa shape index (κ3) is 2.29. The molecule has 0 spiro atoms. The second kappa shape index (κ2) is 4.63. The van der Waals surface area contributed by atoms with E-state index in [4.69, 9.17) is 5.11 Å². The molecule has 1 aliphatic rings. The summed E-state index contributed by atoms with van der Waals surface area (Å²) in [6.07, 6.45) is 1.87. The Labute approximate surface area is 113 Å². The normalized spacial score (nSPS) is 21.3. The smallest absolute Gasteiger partial charge is 0.307 e. The van der Waals surface area contributed by atoms with Crippen molar-refractivity contribution in [2.45, 2.75) is 11.4 Å². The molecule has 0 aliphatic carbocycles. The van der Waals surface area contributed by atoms with Gasteiger partial charge in [0, 0.05) is 26.3 Å². The molecule has 1 saturated heterocycles. The molecule has 1 fully saturated rings. The molecule has 18 heavy (non-hydrogen) atoms. The van der Waals surface area contributed by atoms with Crippen molar-refractivity contribution in [3.63, 3.8) is 0 Å². The number of nitrogens with zero attached hydrogens (tertiary/aromatic N) is 3. The van der Waals surface area contributed by atoms with Crippen LogP contribution in [0.1, 0.15) is 6.42 Å². The van der Waals surface area contributed by atoms with Crippen LogP contribution in [0.2, 0.25) is 0 Å². The van der Waals surface area contributed by atoms with Gasteiger partial charge in [0.1, 0.15) is 0 Å². The molecule has 1 aliphatic heterocycles. The van der Waals surface area contributed by atoms with E-state index in [0.717, 1.165) is 0 Å². The van der Waals surface area contributed by atoms with E-state index >= 15 is 0 Å². The van der Waals surface area contributed by atoms with Crippen LogP contribution in [-0.4, -0.2) is 46.7 Å². The van der Waals surface area contributed by atoms with E-state index in [2.05, 4.69) is 21.0 Å². The zero-order chi connectivity index (χ0) is 13.5. The summed E-state index contributed by atoms with van der Waals surface area (Å²) >= 11 is 3.14. The molecule has 2 heterocycles. The summed E-state index contributed by atoms with van der Waals surface area (Å²) in [7, 11) is -2.10. The Morgan fingerprint density at radius 1 is 1.61 bits per heavy atom. The molecule has 100 valence electrons. The third-order valence-corrected chi connectivity index (χ3v) is 5.48. The predicted molar refractivity (Wildman–Crippen MR) is 65.4 cm³/mol. The molecule has 1 aromatic heterocycles. The molecule has 1 atom stereocenters. The maximum Gasteiger partial charge on any atom is 0.307 e. The Morgan fingerprint density at radius 2 is 2.28 bits per heavy atom. The monoisotopic (exact) mass is 337 g/mol. The second-order valence-electron chi connectivity index (χ2n) is 4.14. The molecule has 0 bridgehead atoms. The molecule has 0 saturated carbocycles. The third-order valence-electron chi connectivity index (χ3n) is 2.84.